The Labute approximate surface area is 200 Å². The predicted molar refractivity (Wildman–Crippen MR) is 136 cm³/mol. The molecule has 1 amide bonds. The molecule has 1 aliphatic heterocycles. The van der Waals surface area contributed by atoms with Gasteiger partial charge in [0.25, 0.3) is 5.91 Å². The summed E-state index contributed by atoms with van der Waals surface area (Å²) < 4.78 is 0. The van der Waals surface area contributed by atoms with Crippen molar-refractivity contribution in [3.63, 3.8) is 0 Å². The van der Waals surface area contributed by atoms with Gasteiger partial charge in [0.15, 0.2) is 0 Å². The molecule has 0 bridgehead atoms. The van der Waals surface area contributed by atoms with E-state index in [1.54, 1.807) is 4.90 Å². The lowest BCUT2D eigenvalue weighted by Gasteiger charge is -2.26. The van der Waals surface area contributed by atoms with Gasteiger partial charge in [0, 0.05) is 23.0 Å². The molecule has 0 radical (unpaired) electrons. The second-order valence-electron chi connectivity index (χ2n) is 9.79. The van der Waals surface area contributed by atoms with Gasteiger partial charge in [0.1, 0.15) is 6.29 Å². The molecule has 1 atom stereocenters. The molecule has 0 saturated carbocycles. The zero-order valence-corrected chi connectivity index (χ0v) is 21.7. The van der Waals surface area contributed by atoms with Gasteiger partial charge in [0.05, 0.1) is 6.04 Å². The van der Waals surface area contributed by atoms with E-state index in [1.807, 2.05) is 23.9 Å². The first-order valence-corrected chi connectivity index (χ1v) is 13.6. The number of amides is 1. The Hall–Kier alpha value is -1.33. The van der Waals surface area contributed by atoms with E-state index in [0.717, 1.165) is 42.6 Å². The van der Waals surface area contributed by atoms with Gasteiger partial charge in [0.2, 0.25) is 0 Å². The number of nitrogens with zero attached hydrogens (tertiary/aromatic N) is 1. The summed E-state index contributed by atoms with van der Waals surface area (Å²) in [4.78, 5) is 27.2. The average Bonchev–Trinajstić information content (AvgIpc) is 3.10. The van der Waals surface area contributed by atoms with Crippen LogP contribution >= 0.6 is 11.8 Å². The van der Waals surface area contributed by atoms with E-state index >= 15 is 0 Å². The van der Waals surface area contributed by atoms with Crippen LogP contribution in [0.5, 0.6) is 0 Å². The number of rotatable bonds is 16. The zero-order valence-electron chi connectivity index (χ0n) is 20.9. The van der Waals surface area contributed by atoms with E-state index in [0.29, 0.717) is 24.4 Å². The van der Waals surface area contributed by atoms with E-state index in [1.165, 1.54) is 37.0 Å². The smallest absolute Gasteiger partial charge is 0.255 e. The quantitative estimate of drug-likeness (QED) is 0.178. The SMILES string of the molecule is CCCC(C=O)N1Cc2c(SCCCCCCCNC(C(C)C)C(C)C)cccc2C1=O. The molecular formula is C27H44N2O2S. The van der Waals surface area contributed by atoms with Crippen LogP contribution in [0.1, 0.15) is 95.5 Å². The van der Waals surface area contributed by atoms with Crippen LogP contribution in [0.3, 0.4) is 0 Å². The third-order valence-electron chi connectivity index (χ3n) is 6.49. The molecule has 0 spiro atoms. The number of benzene rings is 1. The van der Waals surface area contributed by atoms with Gasteiger partial charge in [-0.1, -0.05) is 66.4 Å². The lowest BCUT2D eigenvalue weighted by molar-refractivity contribution is -0.112. The minimum atomic E-state index is -0.302. The van der Waals surface area contributed by atoms with E-state index in [2.05, 4.69) is 46.0 Å². The highest BCUT2D eigenvalue weighted by molar-refractivity contribution is 7.99. The molecular weight excluding hydrogens is 416 g/mol. The van der Waals surface area contributed by atoms with E-state index < -0.39 is 0 Å². The Bertz CT molecular complexity index is 712. The number of nitrogens with one attached hydrogen (secondary N) is 1. The summed E-state index contributed by atoms with van der Waals surface area (Å²) >= 11 is 1.86. The third-order valence-corrected chi connectivity index (χ3v) is 7.68. The van der Waals surface area contributed by atoms with Crippen molar-refractivity contribution in [3.8, 4) is 0 Å². The van der Waals surface area contributed by atoms with Crippen molar-refractivity contribution in [2.75, 3.05) is 12.3 Å². The number of carbonyl (C=O) groups excluding carboxylic acids is 2. The fourth-order valence-electron chi connectivity index (χ4n) is 4.77. The van der Waals surface area contributed by atoms with Gasteiger partial charge >= 0.3 is 0 Å². The molecule has 1 N–H and O–H groups in total. The van der Waals surface area contributed by atoms with Crippen LogP contribution in [0.4, 0.5) is 0 Å². The Morgan fingerprint density at radius 1 is 1.06 bits per heavy atom. The lowest BCUT2D eigenvalue weighted by atomic mass is 9.93. The summed E-state index contributed by atoms with van der Waals surface area (Å²) in [5.41, 5.74) is 1.90. The lowest BCUT2D eigenvalue weighted by Crippen LogP contribution is -2.38. The monoisotopic (exact) mass is 460 g/mol. The molecule has 1 aromatic carbocycles. The second kappa shape index (κ2) is 14.0. The van der Waals surface area contributed by atoms with Crippen molar-refractivity contribution in [3.05, 3.63) is 29.3 Å². The maximum Gasteiger partial charge on any atom is 0.255 e. The number of unbranched alkanes of at least 4 members (excludes halogenated alkanes) is 4. The largest absolute Gasteiger partial charge is 0.324 e. The van der Waals surface area contributed by atoms with Crippen molar-refractivity contribution < 1.29 is 9.59 Å². The second-order valence-corrected chi connectivity index (χ2v) is 10.9. The van der Waals surface area contributed by atoms with Crippen LogP contribution in [0.15, 0.2) is 23.1 Å². The van der Waals surface area contributed by atoms with Gasteiger partial charge < -0.3 is 15.0 Å². The van der Waals surface area contributed by atoms with Crippen LogP contribution in [0, 0.1) is 11.8 Å². The normalized spacial score (nSPS) is 14.6. The topological polar surface area (TPSA) is 49.4 Å². The van der Waals surface area contributed by atoms with Crippen LogP contribution in [0.2, 0.25) is 0 Å². The molecule has 0 saturated heterocycles. The number of carbonyl (C=O) groups is 2. The molecule has 1 aromatic rings. The Balaban J connectivity index is 1.69. The Morgan fingerprint density at radius 3 is 2.41 bits per heavy atom. The molecule has 0 aromatic heterocycles. The average molecular weight is 461 g/mol. The zero-order chi connectivity index (χ0) is 23.5. The van der Waals surface area contributed by atoms with Crippen molar-refractivity contribution in [2.24, 2.45) is 11.8 Å². The van der Waals surface area contributed by atoms with Gasteiger partial charge in [-0.2, -0.15) is 0 Å². The maximum atomic E-state index is 12.8. The summed E-state index contributed by atoms with van der Waals surface area (Å²) in [5.74, 6) is 2.46. The highest BCUT2D eigenvalue weighted by atomic mass is 32.2. The molecule has 5 heteroatoms. The van der Waals surface area contributed by atoms with Crippen LogP contribution in [0.25, 0.3) is 0 Å². The highest BCUT2D eigenvalue weighted by Gasteiger charge is 2.33. The fourth-order valence-corrected chi connectivity index (χ4v) is 5.86. The number of hydrogen-bond acceptors (Lipinski definition) is 4. The predicted octanol–water partition coefficient (Wildman–Crippen LogP) is 6.32. The van der Waals surface area contributed by atoms with E-state index in [9.17, 15) is 9.59 Å². The number of thioether (sulfide) groups is 1. The summed E-state index contributed by atoms with van der Waals surface area (Å²) in [7, 11) is 0. The molecule has 4 nitrogen and oxygen atoms in total. The van der Waals surface area contributed by atoms with Crippen molar-refractivity contribution in [1.29, 1.82) is 0 Å². The van der Waals surface area contributed by atoms with Crippen molar-refractivity contribution in [1.82, 2.24) is 10.2 Å². The van der Waals surface area contributed by atoms with E-state index in [4.69, 9.17) is 0 Å². The number of aldehydes is 1. The first-order chi connectivity index (χ1) is 15.4. The molecule has 1 aliphatic rings. The van der Waals surface area contributed by atoms with Gasteiger partial charge in [-0.15, -0.1) is 11.8 Å². The first kappa shape index (κ1) is 26.9. The Morgan fingerprint density at radius 2 is 1.75 bits per heavy atom. The minimum absolute atomic E-state index is 0.0128. The summed E-state index contributed by atoms with van der Waals surface area (Å²) in [6.07, 6.45) is 8.85. The minimum Gasteiger partial charge on any atom is -0.324 e. The molecule has 1 heterocycles. The molecule has 180 valence electrons. The number of hydrogen-bond donors (Lipinski definition) is 1. The molecule has 0 aliphatic carbocycles. The summed E-state index contributed by atoms with van der Waals surface area (Å²) in [6, 6.07) is 6.33. The third kappa shape index (κ3) is 7.62. The van der Waals surface area contributed by atoms with E-state index in [-0.39, 0.29) is 11.9 Å². The summed E-state index contributed by atoms with van der Waals surface area (Å²) in [6.45, 7) is 13.0. The fraction of sp³-hybridized carbons (Fsp3) is 0.704. The van der Waals surface area contributed by atoms with Gasteiger partial charge in [-0.05, 0) is 61.1 Å². The van der Waals surface area contributed by atoms with Gasteiger partial charge in [-0.25, -0.2) is 0 Å². The molecule has 32 heavy (non-hydrogen) atoms. The molecule has 1 unspecified atom stereocenters. The maximum absolute atomic E-state index is 12.8. The summed E-state index contributed by atoms with van der Waals surface area (Å²) in [5, 5.41) is 3.74. The molecule has 2 rings (SSSR count). The van der Waals surface area contributed by atoms with Gasteiger partial charge in [-0.3, -0.25) is 4.79 Å². The standard InChI is InChI=1S/C27H44N2O2S/c1-6-13-22(19-30)29-18-24-23(27(29)31)14-12-15-25(24)32-17-11-9-7-8-10-16-28-26(20(2)3)21(4)5/h12,14-15,19-22,26,28H,6-11,13,16-18H2,1-5H3. The van der Waals surface area contributed by atoms with Crippen LogP contribution in [-0.2, 0) is 11.3 Å². The van der Waals surface area contributed by atoms with Crippen molar-refractivity contribution in [2.45, 2.75) is 103 Å². The van der Waals surface area contributed by atoms with Crippen LogP contribution < -0.4 is 5.32 Å². The number of fused-ring (bicyclic) bond motifs is 1. The first-order valence-electron chi connectivity index (χ1n) is 12.6. The molecule has 0 fully saturated rings. The highest BCUT2D eigenvalue weighted by Crippen LogP contribution is 2.34. The Kier molecular flexibility index (Phi) is 11.8. The van der Waals surface area contributed by atoms with Crippen molar-refractivity contribution >= 4 is 24.0 Å². The van der Waals surface area contributed by atoms with Crippen LogP contribution in [-0.4, -0.2) is 41.5 Å².